The number of rotatable bonds is 6. The van der Waals surface area contributed by atoms with E-state index in [9.17, 15) is 9.59 Å². The van der Waals surface area contributed by atoms with Gasteiger partial charge in [0.2, 0.25) is 0 Å². The molecule has 0 unspecified atom stereocenters. The van der Waals surface area contributed by atoms with Crippen molar-refractivity contribution in [1.82, 2.24) is 0 Å². The van der Waals surface area contributed by atoms with E-state index in [-0.39, 0.29) is 32.7 Å². The summed E-state index contributed by atoms with van der Waals surface area (Å²) < 4.78 is 15.3. The van der Waals surface area contributed by atoms with Crippen molar-refractivity contribution in [3.8, 4) is 0 Å². The van der Waals surface area contributed by atoms with Crippen LogP contribution in [0, 0.1) is 18.4 Å². The van der Waals surface area contributed by atoms with Crippen LogP contribution >= 0.6 is 0 Å². The predicted octanol–water partition coefficient (Wildman–Crippen LogP) is 1.66. The number of ether oxygens (including phenoxy) is 3. The second kappa shape index (κ2) is 9.03. The van der Waals surface area contributed by atoms with Crippen molar-refractivity contribution in [3.63, 3.8) is 0 Å². The zero-order valence-electron chi connectivity index (χ0n) is 11.8. The van der Waals surface area contributed by atoms with Gasteiger partial charge in [-0.05, 0) is 13.2 Å². The number of esters is 2. The second-order valence-corrected chi connectivity index (χ2v) is 4.65. The molecule has 0 heterocycles. The van der Waals surface area contributed by atoms with E-state index in [1.54, 1.807) is 0 Å². The summed E-state index contributed by atoms with van der Waals surface area (Å²) in [5, 5.41) is 0. The molecule has 0 bridgehead atoms. The van der Waals surface area contributed by atoms with E-state index in [4.69, 9.17) is 14.2 Å². The van der Waals surface area contributed by atoms with Gasteiger partial charge in [0, 0.05) is 52.7 Å². The maximum absolute atomic E-state index is 11.1. The molecule has 1 aliphatic carbocycles. The van der Waals surface area contributed by atoms with Crippen LogP contribution in [-0.4, -0.2) is 31.3 Å². The molecule has 0 spiro atoms. The molecule has 0 aromatic rings. The Morgan fingerprint density at radius 1 is 1.21 bits per heavy atom. The molecule has 19 heavy (non-hydrogen) atoms. The van der Waals surface area contributed by atoms with Crippen LogP contribution in [0.5, 0.6) is 0 Å². The normalized spacial score (nSPS) is 18.7. The third kappa shape index (κ3) is 6.32. The van der Waals surface area contributed by atoms with Crippen LogP contribution in [0.3, 0.4) is 0 Å². The molecule has 1 radical (unpaired) electrons. The van der Waals surface area contributed by atoms with Gasteiger partial charge in [0.1, 0.15) is 0 Å². The van der Waals surface area contributed by atoms with E-state index in [0.717, 1.165) is 18.8 Å². The molecule has 0 saturated heterocycles. The van der Waals surface area contributed by atoms with Crippen molar-refractivity contribution < 1.29 is 56.5 Å². The first kappa shape index (κ1) is 19.0. The Labute approximate surface area is 139 Å². The topological polar surface area (TPSA) is 61.8 Å². The van der Waals surface area contributed by atoms with Gasteiger partial charge in [0.15, 0.2) is 0 Å². The average Bonchev–Trinajstić information content (AvgIpc) is 2.20. The molecule has 2 atom stereocenters. The Morgan fingerprint density at radius 3 is 2.11 bits per heavy atom. The Kier molecular flexibility index (Phi) is 9.04. The summed E-state index contributed by atoms with van der Waals surface area (Å²) in [7, 11) is 1.47. The zero-order chi connectivity index (χ0) is 13.7. The molecule has 0 aliphatic heterocycles. The van der Waals surface area contributed by atoms with Crippen molar-refractivity contribution >= 4 is 11.9 Å². The summed E-state index contributed by atoms with van der Waals surface area (Å²) in [4.78, 5) is 22.2. The Balaban J connectivity index is 0.00000324. The van der Waals surface area contributed by atoms with Gasteiger partial charge < -0.3 is 14.2 Å². The van der Waals surface area contributed by atoms with Crippen molar-refractivity contribution in [2.45, 2.75) is 45.8 Å². The van der Waals surface area contributed by atoms with E-state index in [2.05, 4.69) is 6.92 Å². The van der Waals surface area contributed by atoms with Crippen LogP contribution in [0.1, 0.15) is 33.6 Å². The Morgan fingerprint density at radius 2 is 1.74 bits per heavy atom. The number of hydrogen-bond acceptors (Lipinski definition) is 5. The third-order valence-electron chi connectivity index (χ3n) is 2.79. The van der Waals surface area contributed by atoms with E-state index >= 15 is 0 Å². The standard InChI is InChI=1S/C13H20O5.Y/c1-8-5-11(6-8)13(18-10(3)15)12(7-16-4)17-9(2)14;/h7-8,12-13H,5-6H2,1-4H3;/q-2;/t12-,13+;/m0./s1. The fourth-order valence-corrected chi connectivity index (χ4v) is 2.12. The molecule has 1 fully saturated rings. The smallest absolute Gasteiger partial charge is 0.300 e. The molecule has 6 heteroatoms. The van der Waals surface area contributed by atoms with E-state index in [1.165, 1.54) is 27.6 Å². The summed E-state index contributed by atoms with van der Waals surface area (Å²) in [5.74, 6) is 0.836. The average molecular weight is 345 g/mol. The third-order valence-corrected chi connectivity index (χ3v) is 2.79. The van der Waals surface area contributed by atoms with Crippen molar-refractivity contribution in [1.29, 1.82) is 0 Å². The van der Waals surface area contributed by atoms with Crippen LogP contribution in [-0.2, 0) is 56.5 Å². The fraction of sp³-hybridized carbons (Fsp3) is 0.692. The zero-order valence-corrected chi connectivity index (χ0v) is 14.7. The molecule has 1 aliphatic rings. The Bertz CT molecular complexity index is 301. The molecular weight excluding hydrogens is 325 g/mol. The number of methoxy groups -OCH3 is 1. The Hall–Kier alpha value is 0.00390. The van der Waals surface area contributed by atoms with E-state index in [0.29, 0.717) is 5.92 Å². The quantitative estimate of drug-likeness (QED) is 0.541. The minimum absolute atomic E-state index is 0. The molecule has 5 nitrogen and oxygen atoms in total. The van der Waals surface area contributed by atoms with Crippen LogP contribution in [0.15, 0.2) is 0 Å². The number of carbonyl (C=O) groups excluding carboxylic acids is 2. The summed E-state index contributed by atoms with van der Waals surface area (Å²) in [6.07, 6.45) is 0.544. The van der Waals surface area contributed by atoms with Crippen LogP contribution in [0.2, 0.25) is 0 Å². The molecule has 0 aromatic carbocycles. The van der Waals surface area contributed by atoms with Gasteiger partial charge >= 0.3 is 0 Å². The molecule has 1 saturated carbocycles. The van der Waals surface area contributed by atoms with E-state index in [1.807, 2.05) is 0 Å². The number of hydrogen-bond donors (Lipinski definition) is 0. The maximum atomic E-state index is 11.1. The van der Waals surface area contributed by atoms with Crippen molar-refractivity contribution in [2.75, 3.05) is 7.11 Å². The molecule has 0 N–H and O–H groups in total. The van der Waals surface area contributed by atoms with Crippen molar-refractivity contribution in [3.05, 3.63) is 12.5 Å². The van der Waals surface area contributed by atoms with Gasteiger partial charge in [-0.3, -0.25) is 15.5 Å². The van der Waals surface area contributed by atoms with Gasteiger partial charge in [0.25, 0.3) is 11.9 Å². The van der Waals surface area contributed by atoms with Crippen LogP contribution < -0.4 is 0 Å². The largest absolute Gasteiger partial charge is 0.551 e. The summed E-state index contributed by atoms with van der Waals surface area (Å²) in [5.41, 5.74) is 0. The SMILES string of the molecule is CO[CH-][C@H](OC(C)=O)[C@H](OC(C)=O)[C-]1CC(C)C1.[Y]. The summed E-state index contributed by atoms with van der Waals surface area (Å²) in [6, 6.07) is 0. The maximum Gasteiger partial charge on any atom is 0.300 e. The predicted molar refractivity (Wildman–Crippen MR) is 64.1 cm³/mol. The molecule has 107 valence electrons. The summed E-state index contributed by atoms with van der Waals surface area (Å²) >= 11 is 0. The van der Waals surface area contributed by atoms with Gasteiger partial charge in [-0.25, -0.2) is 0 Å². The van der Waals surface area contributed by atoms with Gasteiger partial charge in [-0.2, -0.15) is 19.4 Å². The summed E-state index contributed by atoms with van der Waals surface area (Å²) in [6.45, 7) is 6.16. The molecular formula is C13H20O5Y-2. The van der Waals surface area contributed by atoms with Gasteiger partial charge in [0.05, 0.1) is 0 Å². The van der Waals surface area contributed by atoms with Crippen molar-refractivity contribution in [2.24, 2.45) is 5.92 Å². The minimum Gasteiger partial charge on any atom is -0.551 e. The first-order chi connectivity index (χ1) is 8.43. The second-order valence-electron chi connectivity index (χ2n) is 4.65. The molecule has 0 aromatic heterocycles. The van der Waals surface area contributed by atoms with E-state index < -0.39 is 24.1 Å². The number of carbonyl (C=O) groups is 2. The minimum atomic E-state index is -0.682. The first-order valence-corrected chi connectivity index (χ1v) is 5.99. The first-order valence-electron chi connectivity index (χ1n) is 5.99. The van der Waals surface area contributed by atoms with Gasteiger partial charge in [-0.1, -0.05) is 12.8 Å². The fourth-order valence-electron chi connectivity index (χ4n) is 2.12. The monoisotopic (exact) mass is 345 g/mol. The molecule has 1 rings (SSSR count). The molecule has 0 amide bonds. The van der Waals surface area contributed by atoms with Gasteiger partial charge in [-0.15, -0.1) is 0 Å². The van der Waals surface area contributed by atoms with Crippen LogP contribution in [0.4, 0.5) is 0 Å². The van der Waals surface area contributed by atoms with Crippen LogP contribution in [0.25, 0.3) is 0 Å².